The van der Waals surface area contributed by atoms with Crippen LogP contribution in [-0.4, -0.2) is 36.9 Å². The second-order valence-electron chi connectivity index (χ2n) is 7.31. The van der Waals surface area contributed by atoms with Gasteiger partial charge in [-0.15, -0.1) is 0 Å². The highest BCUT2D eigenvalue weighted by Gasteiger charge is 2.25. The molecule has 6 nitrogen and oxygen atoms in total. The number of nitrogens with two attached hydrogens (primary N) is 1. The molecule has 6 heteroatoms. The normalized spacial score (nSPS) is 12.9. The lowest BCUT2D eigenvalue weighted by Crippen LogP contribution is -2.15. The summed E-state index contributed by atoms with van der Waals surface area (Å²) < 4.78 is 19.2. The number of amides is 1. The van der Waals surface area contributed by atoms with Crippen LogP contribution in [0.5, 0.6) is 11.5 Å². The summed E-state index contributed by atoms with van der Waals surface area (Å²) in [6, 6.07) is 5.88. The summed E-state index contributed by atoms with van der Waals surface area (Å²) in [5.74, 6) is 1.06. The molecule has 0 spiro atoms. The van der Waals surface area contributed by atoms with Gasteiger partial charge in [-0.3, -0.25) is 4.79 Å². The van der Waals surface area contributed by atoms with E-state index in [9.17, 15) is 4.79 Å². The van der Waals surface area contributed by atoms with Crippen LogP contribution >= 0.6 is 0 Å². The van der Waals surface area contributed by atoms with Gasteiger partial charge in [0.2, 0.25) is 0 Å². The molecule has 2 heterocycles. The number of nitrogens with zero attached hydrogens (tertiary/aromatic N) is 1. The van der Waals surface area contributed by atoms with Crippen molar-refractivity contribution >= 4 is 5.91 Å². The second-order valence-corrected chi connectivity index (χ2v) is 7.31. The van der Waals surface area contributed by atoms with Crippen LogP contribution in [0.15, 0.2) is 18.2 Å². The van der Waals surface area contributed by atoms with Gasteiger partial charge in [0.05, 0.1) is 5.56 Å². The van der Waals surface area contributed by atoms with E-state index in [0.29, 0.717) is 37.7 Å². The van der Waals surface area contributed by atoms with Gasteiger partial charge in [-0.25, -0.2) is 0 Å². The first kappa shape index (κ1) is 21.2. The Labute approximate surface area is 172 Å². The molecule has 1 amide bonds. The highest BCUT2D eigenvalue weighted by molar-refractivity contribution is 6.02. The molecule has 1 aromatic carbocycles. The van der Waals surface area contributed by atoms with Crippen LogP contribution in [0.3, 0.4) is 0 Å². The Kier molecular flexibility index (Phi) is 7.20. The summed E-state index contributed by atoms with van der Waals surface area (Å²) in [5, 5.41) is 0. The molecule has 29 heavy (non-hydrogen) atoms. The van der Waals surface area contributed by atoms with Crippen LogP contribution in [0.25, 0.3) is 11.1 Å². The minimum absolute atomic E-state index is 0.395. The van der Waals surface area contributed by atoms with Gasteiger partial charge in [0.1, 0.15) is 13.2 Å². The van der Waals surface area contributed by atoms with Gasteiger partial charge in [-0.05, 0) is 50.8 Å². The third-order valence-electron chi connectivity index (χ3n) is 5.35. The Balaban J connectivity index is 2.09. The first-order valence-corrected chi connectivity index (χ1v) is 10.6. The Morgan fingerprint density at radius 2 is 1.93 bits per heavy atom. The number of carbonyl (C=O) groups is 1. The van der Waals surface area contributed by atoms with E-state index in [2.05, 4.69) is 11.5 Å². The fourth-order valence-electron chi connectivity index (χ4n) is 3.98. The van der Waals surface area contributed by atoms with Crippen molar-refractivity contribution in [2.75, 3.05) is 26.4 Å². The molecule has 2 aromatic rings. The van der Waals surface area contributed by atoms with E-state index in [1.807, 2.05) is 32.0 Å². The minimum Gasteiger partial charge on any atom is -0.486 e. The first-order chi connectivity index (χ1) is 14.1. The Morgan fingerprint density at radius 3 is 2.62 bits per heavy atom. The predicted molar refractivity (Wildman–Crippen MR) is 114 cm³/mol. The number of primary amides is 1. The van der Waals surface area contributed by atoms with Gasteiger partial charge >= 0.3 is 0 Å². The number of hydrogen-bond donors (Lipinski definition) is 1. The van der Waals surface area contributed by atoms with E-state index in [4.69, 9.17) is 19.9 Å². The summed E-state index contributed by atoms with van der Waals surface area (Å²) in [6.07, 6.45) is 3.91. The number of hydrogen-bond acceptors (Lipinski definition) is 4. The van der Waals surface area contributed by atoms with Crippen molar-refractivity contribution in [2.45, 2.75) is 53.0 Å². The van der Waals surface area contributed by atoms with E-state index in [1.54, 1.807) is 0 Å². The van der Waals surface area contributed by atoms with Crippen LogP contribution in [0, 0.1) is 6.92 Å². The van der Waals surface area contributed by atoms with E-state index < -0.39 is 5.91 Å². The van der Waals surface area contributed by atoms with Crippen LogP contribution in [0.1, 0.15) is 54.9 Å². The molecule has 0 radical (unpaired) electrons. The highest BCUT2D eigenvalue weighted by Crippen LogP contribution is 2.39. The molecule has 0 bridgehead atoms. The largest absolute Gasteiger partial charge is 0.486 e. The summed E-state index contributed by atoms with van der Waals surface area (Å²) in [6.45, 7) is 9.45. The monoisotopic (exact) mass is 400 g/mol. The zero-order chi connectivity index (χ0) is 20.8. The molecule has 0 aliphatic carbocycles. The molecule has 0 unspecified atom stereocenters. The predicted octanol–water partition coefficient (Wildman–Crippen LogP) is 4.10. The zero-order valence-corrected chi connectivity index (χ0v) is 17.8. The Morgan fingerprint density at radius 1 is 1.17 bits per heavy atom. The molecule has 1 aliphatic rings. The third-order valence-corrected chi connectivity index (χ3v) is 5.35. The van der Waals surface area contributed by atoms with Gasteiger partial charge in [0.25, 0.3) is 5.91 Å². The van der Waals surface area contributed by atoms with Crippen LogP contribution < -0.4 is 15.2 Å². The molecule has 0 saturated heterocycles. The van der Waals surface area contributed by atoms with Crippen molar-refractivity contribution in [3.8, 4) is 22.6 Å². The van der Waals surface area contributed by atoms with Gasteiger partial charge in [0, 0.05) is 36.7 Å². The number of carbonyl (C=O) groups excluding carboxylic acids is 1. The lowest BCUT2D eigenvalue weighted by Gasteiger charge is -2.19. The summed E-state index contributed by atoms with van der Waals surface area (Å²) in [5.41, 5.74) is 10.4. The van der Waals surface area contributed by atoms with Gasteiger partial charge < -0.3 is 24.5 Å². The highest BCUT2D eigenvalue weighted by atomic mass is 16.6. The average Bonchev–Trinajstić information content (AvgIpc) is 3.01. The fourth-order valence-corrected chi connectivity index (χ4v) is 3.98. The van der Waals surface area contributed by atoms with Crippen molar-refractivity contribution < 1.29 is 19.0 Å². The average molecular weight is 401 g/mol. The molecule has 0 atom stereocenters. The molecule has 2 N–H and O–H groups in total. The second kappa shape index (κ2) is 9.83. The molecule has 1 aromatic heterocycles. The topological polar surface area (TPSA) is 75.7 Å². The SMILES string of the molecule is CCCCc1c(-c2ccc3c(c2)OCCO3)c(C(N)=O)c(C)n1CCCOCC. The number of rotatable bonds is 10. The summed E-state index contributed by atoms with van der Waals surface area (Å²) >= 11 is 0. The minimum atomic E-state index is -0.395. The lowest BCUT2D eigenvalue weighted by atomic mass is 9.97. The van der Waals surface area contributed by atoms with Crippen molar-refractivity contribution in [3.05, 3.63) is 35.2 Å². The number of unbranched alkanes of at least 4 members (excludes halogenated alkanes) is 1. The van der Waals surface area contributed by atoms with E-state index >= 15 is 0 Å². The molecule has 0 fully saturated rings. The standard InChI is InChI=1S/C23H32N2O4/c1-4-6-8-18-22(17-9-10-19-20(15-17)29-14-13-28-19)21(23(24)26)16(3)25(18)11-7-12-27-5-2/h9-10,15H,4-8,11-14H2,1-3H3,(H2,24,26). The van der Waals surface area contributed by atoms with E-state index in [0.717, 1.165) is 60.5 Å². The van der Waals surface area contributed by atoms with Gasteiger partial charge in [-0.1, -0.05) is 19.4 Å². The molecular weight excluding hydrogens is 368 g/mol. The van der Waals surface area contributed by atoms with E-state index in [1.165, 1.54) is 0 Å². The molecule has 0 saturated carbocycles. The van der Waals surface area contributed by atoms with Crippen molar-refractivity contribution in [2.24, 2.45) is 5.73 Å². The first-order valence-electron chi connectivity index (χ1n) is 10.6. The Bertz CT molecular complexity index is 857. The maximum Gasteiger partial charge on any atom is 0.251 e. The Hall–Kier alpha value is -2.47. The quantitative estimate of drug-likeness (QED) is 0.609. The third kappa shape index (κ3) is 4.58. The summed E-state index contributed by atoms with van der Waals surface area (Å²) in [7, 11) is 0. The number of aromatic nitrogens is 1. The van der Waals surface area contributed by atoms with Gasteiger partial charge in [0.15, 0.2) is 11.5 Å². The summed E-state index contributed by atoms with van der Waals surface area (Å²) in [4.78, 5) is 12.4. The zero-order valence-electron chi connectivity index (χ0n) is 17.8. The lowest BCUT2D eigenvalue weighted by molar-refractivity contribution is 0.1000. The fraction of sp³-hybridized carbons (Fsp3) is 0.522. The van der Waals surface area contributed by atoms with Crippen LogP contribution in [0.4, 0.5) is 0 Å². The molecule has 1 aliphatic heterocycles. The van der Waals surface area contributed by atoms with Crippen molar-refractivity contribution in [1.82, 2.24) is 4.57 Å². The maximum atomic E-state index is 12.4. The molecular formula is C23H32N2O4. The number of fused-ring (bicyclic) bond motifs is 1. The van der Waals surface area contributed by atoms with Crippen LogP contribution in [-0.2, 0) is 17.7 Å². The van der Waals surface area contributed by atoms with Crippen molar-refractivity contribution in [3.63, 3.8) is 0 Å². The smallest absolute Gasteiger partial charge is 0.251 e. The van der Waals surface area contributed by atoms with Gasteiger partial charge in [-0.2, -0.15) is 0 Å². The molecule has 158 valence electrons. The van der Waals surface area contributed by atoms with E-state index in [-0.39, 0.29) is 0 Å². The maximum absolute atomic E-state index is 12.4. The van der Waals surface area contributed by atoms with Crippen molar-refractivity contribution in [1.29, 1.82) is 0 Å². The molecule has 3 rings (SSSR count). The van der Waals surface area contributed by atoms with Crippen LogP contribution in [0.2, 0.25) is 0 Å². The number of benzene rings is 1. The number of ether oxygens (including phenoxy) is 3.